The van der Waals surface area contributed by atoms with E-state index in [1.165, 1.54) is 55.4 Å². The van der Waals surface area contributed by atoms with Crippen LogP contribution in [0, 0.1) is 0 Å². The van der Waals surface area contributed by atoms with E-state index in [0.717, 1.165) is 6.54 Å². The normalized spacial score (nSPS) is 16.5. The molecule has 1 saturated heterocycles. The van der Waals surface area contributed by atoms with E-state index in [2.05, 4.69) is 39.9 Å². The molecule has 3 nitrogen and oxygen atoms in total. The van der Waals surface area contributed by atoms with Gasteiger partial charge in [-0.3, -0.25) is 0 Å². The third-order valence-corrected chi connectivity index (χ3v) is 4.14. The van der Waals surface area contributed by atoms with Crippen molar-refractivity contribution in [3.8, 4) is 0 Å². The van der Waals surface area contributed by atoms with Crippen LogP contribution >= 0.6 is 0 Å². The number of aromatic nitrogens is 1. The molecular formula is C16H23N3. The van der Waals surface area contributed by atoms with E-state index in [0.29, 0.717) is 6.54 Å². The van der Waals surface area contributed by atoms with Crippen molar-refractivity contribution in [2.75, 3.05) is 19.6 Å². The predicted octanol–water partition coefficient (Wildman–Crippen LogP) is 2.59. The molecule has 2 heterocycles. The van der Waals surface area contributed by atoms with Crippen molar-refractivity contribution in [1.29, 1.82) is 0 Å². The lowest BCUT2D eigenvalue weighted by atomic mass is 10.1. The lowest BCUT2D eigenvalue weighted by Gasteiger charge is -2.14. The number of benzene rings is 1. The third-order valence-electron chi connectivity index (χ3n) is 4.14. The Balaban J connectivity index is 1.64. The van der Waals surface area contributed by atoms with Gasteiger partial charge in [0, 0.05) is 24.8 Å². The number of hydrogen-bond donors (Lipinski definition) is 1. The largest absolute Gasteiger partial charge is 0.347 e. The Hall–Kier alpha value is -1.32. The molecule has 0 amide bonds. The first-order valence-electron chi connectivity index (χ1n) is 7.37. The van der Waals surface area contributed by atoms with Crippen molar-refractivity contribution < 1.29 is 0 Å². The van der Waals surface area contributed by atoms with Crippen molar-refractivity contribution in [1.82, 2.24) is 9.47 Å². The van der Waals surface area contributed by atoms with Crippen LogP contribution in [0.2, 0.25) is 0 Å². The number of nitrogens with zero attached hydrogens (tertiary/aromatic N) is 2. The van der Waals surface area contributed by atoms with Crippen LogP contribution in [0.4, 0.5) is 0 Å². The molecule has 102 valence electrons. The van der Waals surface area contributed by atoms with Gasteiger partial charge >= 0.3 is 0 Å². The summed E-state index contributed by atoms with van der Waals surface area (Å²) in [5.41, 5.74) is 8.23. The van der Waals surface area contributed by atoms with E-state index in [4.69, 9.17) is 5.73 Å². The number of nitrogens with two attached hydrogens (primary N) is 1. The molecular weight excluding hydrogens is 234 g/mol. The fraction of sp³-hybridized carbons (Fsp3) is 0.500. The first kappa shape index (κ1) is 12.7. The first-order chi connectivity index (χ1) is 9.36. The Morgan fingerprint density at radius 1 is 1.05 bits per heavy atom. The van der Waals surface area contributed by atoms with Crippen LogP contribution in [0.25, 0.3) is 10.9 Å². The molecule has 0 atom stereocenters. The van der Waals surface area contributed by atoms with Crippen LogP contribution in [-0.2, 0) is 13.1 Å². The summed E-state index contributed by atoms with van der Waals surface area (Å²) in [6.45, 7) is 5.57. The van der Waals surface area contributed by atoms with Gasteiger partial charge in [0.2, 0.25) is 0 Å². The van der Waals surface area contributed by atoms with Gasteiger partial charge < -0.3 is 15.2 Å². The first-order valence-corrected chi connectivity index (χ1v) is 7.37. The molecule has 2 aromatic rings. The van der Waals surface area contributed by atoms with Crippen LogP contribution in [0.15, 0.2) is 30.5 Å². The minimum absolute atomic E-state index is 0.621. The predicted molar refractivity (Wildman–Crippen MR) is 80.1 cm³/mol. The highest BCUT2D eigenvalue weighted by Gasteiger charge is 2.10. The summed E-state index contributed by atoms with van der Waals surface area (Å²) in [5.74, 6) is 0. The van der Waals surface area contributed by atoms with Crippen LogP contribution in [0.3, 0.4) is 0 Å². The van der Waals surface area contributed by atoms with Gasteiger partial charge in [-0.2, -0.15) is 0 Å². The van der Waals surface area contributed by atoms with Gasteiger partial charge in [0.05, 0.1) is 0 Å². The summed E-state index contributed by atoms with van der Waals surface area (Å²) in [6, 6.07) is 8.74. The maximum Gasteiger partial charge on any atom is 0.0480 e. The molecule has 3 rings (SSSR count). The maximum atomic E-state index is 5.69. The minimum atomic E-state index is 0.621. The van der Waals surface area contributed by atoms with E-state index in [-0.39, 0.29) is 0 Å². The van der Waals surface area contributed by atoms with E-state index < -0.39 is 0 Å². The van der Waals surface area contributed by atoms with Gasteiger partial charge in [-0.1, -0.05) is 6.07 Å². The zero-order chi connectivity index (χ0) is 13.1. The zero-order valence-corrected chi connectivity index (χ0v) is 11.5. The quantitative estimate of drug-likeness (QED) is 0.893. The molecule has 1 aromatic heterocycles. The average molecular weight is 257 g/mol. The number of fused-ring (bicyclic) bond motifs is 1. The zero-order valence-electron chi connectivity index (χ0n) is 11.5. The van der Waals surface area contributed by atoms with E-state index >= 15 is 0 Å². The highest BCUT2D eigenvalue weighted by atomic mass is 15.1. The summed E-state index contributed by atoms with van der Waals surface area (Å²) in [7, 11) is 0. The fourth-order valence-corrected chi connectivity index (χ4v) is 3.04. The SMILES string of the molecule is NCc1ccc2c(ccn2CCCN2CCCC2)c1. The molecule has 0 bridgehead atoms. The van der Waals surface area contributed by atoms with Crippen molar-refractivity contribution in [2.24, 2.45) is 5.73 Å². The van der Waals surface area contributed by atoms with Crippen molar-refractivity contribution >= 4 is 10.9 Å². The second kappa shape index (κ2) is 5.76. The summed E-state index contributed by atoms with van der Waals surface area (Å²) in [4.78, 5) is 2.58. The number of likely N-dealkylation sites (tertiary alicyclic amines) is 1. The minimum Gasteiger partial charge on any atom is -0.347 e. The van der Waals surface area contributed by atoms with Gasteiger partial charge in [0.15, 0.2) is 0 Å². The molecule has 1 fully saturated rings. The smallest absolute Gasteiger partial charge is 0.0480 e. The molecule has 2 N–H and O–H groups in total. The summed E-state index contributed by atoms with van der Waals surface area (Å²) >= 11 is 0. The molecule has 0 aliphatic carbocycles. The molecule has 3 heteroatoms. The van der Waals surface area contributed by atoms with Gasteiger partial charge in [-0.05, 0) is 68.0 Å². The molecule has 19 heavy (non-hydrogen) atoms. The molecule has 0 unspecified atom stereocenters. The molecule has 1 aliphatic heterocycles. The standard InChI is InChI=1S/C16H23N3/c17-13-14-4-5-16-15(12-14)6-11-19(16)10-3-9-18-7-1-2-8-18/h4-6,11-12H,1-3,7-10,13,17H2. The van der Waals surface area contributed by atoms with Gasteiger partial charge in [-0.25, -0.2) is 0 Å². The lowest BCUT2D eigenvalue weighted by molar-refractivity contribution is 0.326. The van der Waals surface area contributed by atoms with Gasteiger partial charge in [0.25, 0.3) is 0 Å². The van der Waals surface area contributed by atoms with Gasteiger partial charge in [-0.15, -0.1) is 0 Å². The summed E-state index contributed by atoms with van der Waals surface area (Å²) in [5, 5.41) is 1.31. The average Bonchev–Trinajstić information content (AvgIpc) is 3.08. The van der Waals surface area contributed by atoms with Crippen molar-refractivity contribution in [3.63, 3.8) is 0 Å². The topological polar surface area (TPSA) is 34.2 Å². The van der Waals surface area contributed by atoms with Crippen molar-refractivity contribution in [2.45, 2.75) is 32.4 Å². The highest BCUT2D eigenvalue weighted by molar-refractivity contribution is 5.80. The number of hydrogen-bond acceptors (Lipinski definition) is 2. The second-order valence-electron chi connectivity index (χ2n) is 5.51. The Kier molecular flexibility index (Phi) is 3.85. The summed E-state index contributed by atoms with van der Waals surface area (Å²) < 4.78 is 2.37. The van der Waals surface area contributed by atoms with Crippen molar-refractivity contribution in [3.05, 3.63) is 36.0 Å². The van der Waals surface area contributed by atoms with E-state index in [1.54, 1.807) is 0 Å². The maximum absolute atomic E-state index is 5.69. The van der Waals surface area contributed by atoms with Crippen LogP contribution in [-0.4, -0.2) is 29.1 Å². The van der Waals surface area contributed by atoms with E-state index in [9.17, 15) is 0 Å². The second-order valence-corrected chi connectivity index (χ2v) is 5.51. The Morgan fingerprint density at radius 3 is 2.68 bits per heavy atom. The third kappa shape index (κ3) is 2.82. The van der Waals surface area contributed by atoms with Crippen LogP contribution < -0.4 is 5.73 Å². The molecule has 0 saturated carbocycles. The van der Waals surface area contributed by atoms with E-state index in [1.807, 2.05) is 0 Å². The Labute approximate surface area is 115 Å². The number of aryl methyl sites for hydroxylation is 1. The highest BCUT2D eigenvalue weighted by Crippen LogP contribution is 2.18. The Bertz CT molecular complexity index is 538. The molecule has 1 aromatic carbocycles. The fourth-order valence-electron chi connectivity index (χ4n) is 3.04. The van der Waals surface area contributed by atoms with Gasteiger partial charge in [0.1, 0.15) is 0 Å². The number of rotatable bonds is 5. The summed E-state index contributed by atoms with van der Waals surface area (Å²) in [6.07, 6.45) is 6.21. The van der Waals surface area contributed by atoms with Crippen LogP contribution in [0.5, 0.6) is 0 Å². The molecule has 0 spiro atoms. The monoisotopic (exact) mass is 257 g/mol. The Morgan fingerprint density at radius 2 is 1.89 bits per heavy atom. The van der Waals surface area contributed by atoms with Crippen LogP contribution in [0.1, 0.15) is 24.8 Å². The molecule has 1 aliphatic rings. The lowest BCUT2D eigenvalue weighted by Crippen LogP contribution is -2.21. The molecule has 0 radical (unpaired) electrons.